The van der Waals surface area contributed by atoms with Gasteiger partial charge in [0.25, 0.3) is 0 Å². The van der Waals surface area contributed by atoms with Gasteiger partial charge in [-0.15, -0.1) is 0 Å². The predicted molar refractivity (Wildman–Crippen MR) is 129 cm³/mol. The summed E-state index contributed by atoms with van der Waals surface area (Å²) in [4.78, 5) is 28.0. The molecule has 5 heteroatoms. The van der Waals surface area contributed by atoms with E-state index in [1.54, 1.807) is 4.57 Å². The van der Waals surface area contributed by atoms with Crippen molar-refractivity contribution in [1.82, 2.24) is 13.9 Å². The molecule has 2 fully saturated rings. The summed E-state index contributed by atoms with van der Waals surface area (Å²) < 4.78 is 5.30. The Bertz CT molecular complexity index is 1390. The molecule has 2 saturated carbocycles. The number of hydrogen-bond acceptors (Lipinski definition) is 2. The van der Waals surface area contributed by atoms with Crippen LogP contribution in [0.3, 0.4) is 0 Å². The average Bonchev–Trinajstić information content (AvgIpc) is 3.26. The number of aromatic nitrogens is 3. The molecule has 0 amide bonds. The van der Waals surface area contributed by atoms with Gasteiger partial charge in [-0.2, -0.15) is 0 Å². The third kappa shape index (κ3) is 1.92. The first-order valence-electron chi connectivity index (χ1n) is 12.5. The predicted octanol–water partition coefficient (Wildman–Crippen LogP) is 4.97. The quantitative estimate of drug-likeness (QED) is 0.615. The lowest BCUT2D eigenvalue weighted by molar-refractivity contribution is 0.0566. The maximum atomic E-state index is 14.0. The molecule has 2 aliphatic heterocycles. The Balaban J connectivity index is 1.41. The third-order valence-electron chi connectivity index (χ3n) is 11.2. The van der Waals surface area contributed by atoms with Crippen LogP contribution in [0.4, 0.5) is 0 Å². The topological polar surface area (TPSA) is 48.9 Å². The lowest BCUT2D eigenvalue weighted by atomic mass is 9.48. The van der Waals surface area contributed by atoms with Crippen LogP contribution < -0.4 is 11.4 Å². The minimum absolute atomic E-state index is 0.00985. The van der Waals surface area contributed by atoms with Crippen molar-refractivity contribution in [2.75, 3.05) is 0 Å². The van der Waals surface area contributed by atoms with Crippen LogP contribution in [0.25, 0.3) is 5.57 Å². The van der Waals surface area contributed by atoms with Crippen molar-refractivity contribution < 1.29 is 0 Å². The van der Waals surface area contributed by atoms with Gasteiger partial charge in [-0.25, -0.2) is 23.5 Å². The molecule has 1 aromatic carbocycles. The Hall–Kier alpha value is -2.56. The minimum atomic E-state index is -0.175. The van der Waals surface area contributed by atoms with E-state index in [1.807, 2.05) is 15.4 Å². The van der Waals surface area contributed by atoms with E-state index in [1.165, 1.54) is 23.1 Å². The summed E-state index contributed by atoms with van der Waals surface area (Å²) in [6.07, 6.45) is 7.61. The van der Waals surface area contributed by atoms with E-state index >= 15 is 0 Å². The number of hydrogen-bond donors (Lipinski definition) is 0. The van der Waals surface area contributed by atoms with E-state index in [4.69, 9.17) is 0 Å². The summed E-state index contributed by atoms with van der Waals surface area (Å²) in [5.74, 6) is 0.834. The van der Waals surface area contributed by atoms with E-state index in [2.05, 4.69) is 71.0 Å². The van der Waals surface area contributed by atoms with E-state index < -0.39 is 0 Å². The van der Waals surface area contributed by atoms with Gasteiger partial charge in [0.15, 0.2) is 0 Å². The van der Waals surface area contributed by atoms with Gasteiger partial charge in [-0.3, -0.25) is 0 Å². The Labute approximate surface area is 194 Å². The van der Waals surface area contributed by atoms with Crippen LogP contribution in [0, 0.1) is 28.1 Å². The number of fused-ring (bicyclic) bond motifs is 2. The number of nitrogens with zero attached hydrogens (tertiary/aromatic N) is 3. The van der Waals surface area contributed by atoms with Crippen LogP contribution in [0.5, 0.6) is 0 Å². The average molecular weight is 444 g/mol. The van der Waals surface area contributed by atoms with Crippen LogP contribution >= 0.6 is 0 Å². The zero-order chi connectivity index (χ0) is 23.1. The highest BCUT2D eigenvalue weighted by molar-refractivity contribution is 5.81. The molecule has 0 spiro atoms. The van der Waals surface area contributed by atoms with Gasteiger partial charge in [0.2, 0.25) is 0 Å². The molecule has 0 radical (unpaired) electrons. The number of rotatable bonds is 2. The molecular formula is C28H33N3O2. The summed E-state index contributed by atoms with van der Waals surface area (Å²) in [6, 6.07) is 10.3. The van der Waals surface area contributed by atoms with Crippen molar-refractivity contribution in [3.63, 3.8) is 0 Å². The molecule has 4 aliphatic carbocycles. The minimum Gasteiger partial charge on any atom is -0.246 e. The van der Waals surface area contributed by atoms with Crippen LogP contribution in [-0.2, 0) is 0 Å². The van der Waals surface area contributed by atoms with Gasteiger partial charge < -0.3 is 0 Å². The lowest BCUT2D eigenvalue weighted by Crippen LogP contribution is -2.59. The van der Waals surface area contributed by atoms with E-state index in [9.17, 15) is 9.59 Å². The van der Waals surface area contributed by atoms with E-state index in [0.717, 1.165) is 12.8 Å². The highest BCUT2D eigenvalue weighted by Gasteiger charge is 2.65. The molecule has 2 aromatic rings. The molecule has 0 N–H and O–H groups in total. The fourth-order valence-corrected chi connectivity index (χ4v) is 9.11. The van der Waals surface area contributed by atoms with Gasteiger partial charge in [0.05, 0.1) is 12.1 Å². The Morgan fingerprint density at radius 2 is 1.64 bits per heavy atom. The van der Waals surface area contributed by atoms with Crippen LogP contribution in [0.2, 0.25) is 0 Å². The van der Waals surface area contributed by atoms with Gasteiger partial charge >= 0.3 is 11.4 Å². The third-order valence-corrected chi connectivity index (χ3v) is 11.2. The molecule has 7 atom stereocenters. The largest absolute Gasteiger partial charge is 0.348 e. The van der Waals surface area contributed by atoms with Crippen molar-refractivity contribution in [2.24, 2.45) is 28.1 Å². The number of benzene rings is 1. The maximum Gasteiger partial charge on any atom is 0.348 e. The first-order valence-corrected chi connectivity index (χ1v) is 12.5. The van der Waals surface area contributed by atoms with Crippen molar-refractivity contribution in [2.45, 2.75) is 72.0 Å². The van der Waals surface area contributed by atoms with Gasteiger partial charge in [0.1, 0.15) is 0 Å². The summed E-state index contributed by atoms with van der Waals surface area (Å²) in [6.45, 7) is 11.5. The lowest BCUT2D eigenvalue weighted by Gasteiger charge is -2.61. The molecule has 3 heterocycles. The molecule has 33 heavy (non-hydrogen) atoms. The molecule has 1 aromatic heterocycles. The second-order valence-corrected chi connectivity index (χ2v) is 12.3. The monoisotopic (exact) mass is 443 g/mol. The van der Waals surface area contributed by atoms with Gasteiger partial charge in [-0.1, -0.05) is 75.8 Å². The Morgan fingerprint density at radius 3 is 2.27 bits per heavy atom. The van der Waals surface area contributed by atoms with Crippen molar-refractivity contribution in [3.8, 4) is 0 Å². The first-order chi connectivity index (χ1) is 15.6. The zero-order valence-corrected chi connectivity index (χ0v) is 20.2. The SMILES string of the molecule is CC1=C(c2ccccc2)[C@@]2(C)[C@@H]3C=C[C@@H]([C@H]12)n1c(=O)n([C@@H]2C[C@@H]4CC[C@]2(C)C4(C)C)c(=O)n13. The maximum absolute atomic E-state index is 14.0. The van der Waals surface area contributed by atoms with Crippen molar-refractivity contribution in [1.29, 1.82) is 0 Å². The van der Waals surface area contributed by atoms with Gasteiger partial charge in [-0.05, 0) is 54.1 Å². The van der Waals surface area contributed by atoms with Gasteiger partial charge in [0, 0.05) is 17.4 Å². The second-order valence-electron chi connectivity index (χ2n) is 12.3. The smallest absolute Gasteiger partial charge is 0.246 e. The highest BCUT2D eigenvalue weighted by atomic mass is 16.2. The Morgan fingerprint density at radius 1 is 0.939 bits per heavy atom. The highest BCUT2D eigenvalue weighted by Crippen LogP contribution is 2.70. The molecule has 4 bridgehead atoms. The van der Waals surface area contributed by atoms with E-state index in [0.29, 0.717) is 5.92 Å². The fourth-order valence-electron chi connectivity index (χ4n) is 9.11. The molecule has 5 nitrogen and oxygen atoms in total. The molecule has 0 saturated heterocycles. The summed E-state index contributed by atoms with van der Waals surface area (Å²) in [7, 11) is 0. The zero-order valence-electron chi connectivity index (χ0n) is 20.2. The number of allylic oxidation sites excluding steroid dienone is 4. The molecule has 172 valence electrons. The summed E-state index contributed by atoms with van der Waals surface area (Å²) in [5, 5.41) is 0. The van der Waals surface area contributed by atoms with Crippen molar-refractivity contribution in [3.05, 3.63) is 74.6 Å². The molecule has 8 rings (SSSR count). The Kier molecular flexibility index (Phi) is 3.45. The summed E-state index contributed by atoms with van der Waals surface area (Å²) >= 11 is 0. The molecule has 0 unspecified atom stereocenters. The summed E-state index contributed by atoms with van der Waals surface area (Å²) in [5.41, 5.74) is 3.69. The standard InChI is InChI=1S/C28H33N3O2/c1-16-22(17-9-7-6-8-10-17)28(5)20-12-11-19(23(16)28)30-24(32)29(25(33)31(20)30)21-15-18-13-14-27(21,4)26(18,2)3/h6-12,18-21,23H,13-15H2,1-5H3/t18-,19-,20-,21+,23-,27-,28+/m0/s1. The normalized spacial score (nSPS) is 41.3. The second kappa shape index (κ2) is 5.73. The van der Waals surface area contributed by atoms with E-state index in [-0.39, 0.29) is 51.7 Å². The van der Waals surface area contributed by atoms with Crippen LogP contribution in [-0.4, -0.2) is 13.9 Å². The molecule has 6 aliphatic rings. The van der Waals surface area contributed by atoms with Crippen LogP contribution in [0.15, 0.2) is 57.6 Å². The fraction of sp³-hybridized carbons (Fsp3) is 0.571. The first kappa shape index (κ1) is 19.9. The van der Waals surface area contributed by atoms with Crippen LogP contribution in [0.1, 0.15) is 77.6 Å². The van der Waals surface area contributed by atoms with Crippen molar-refractivity contribution >= 4 is 5.57 Å². The molecular weight excluding hydrogens is 410 g/mol.